The van der Waals surface area contributed by atoms with Crippen molar-refractivity contribution in [3.63, 3.8) is 0 Å². The summed E-state index contributed by atoms with van der Waals surface area (Å²) in [6, 6.07) is 10.3. The maximum atomic E-state index is 10.4. The van der Waals surface area contributed by atoms with E-state index in [9.17, 15) is 4.79 Å². The Hall–Kier alpha value is -2.23. The van der Waals surface area contributed by atoms with Gasteiger partial charge in [-0.3, -0.25) is 4.79 Å². The molecule has 1 aromatic carbocycles. The van der Waals surface area contributed by atoms with E-state index in [4.69, 9.17) is 13.9 Å². The molecule has 0 atom stereocenters. The topological polar surface area (TPSA) is 48.7 Å². The highest BCUT2D eigenvalue weighted by Crippen LogP contribution is 2.25. The van der Waals surface area contributed by atoms with E-state index in [1.54, 1.807) is 24.3 Å². The molecule has 0 fully saturated rings. The van der Waals surface area contributed by atoms with Gasteiger partial charge in [-0.25, -0.2) is 0 Å². The summed E-state index contributed by atoms with van der Waals surface area (Å²) in [5.41, 5.74) is 0. The number of carbonyl (C=O) groups is 1. The van der Waals surface area contributed by atoms with E-state index in [-0.39, 0.29) is 11.7 Å². The first-order valence-corrected chi connectivity index (χ1v) is 5.27. The van der Waals surface area contributed by atoms with Crippen LogP contribution in [0.15, 0.2) is 40.8 Å². The minimum absolute atomic E-state index is 0.242. The molecule has 0 spiro atoms. The summed E-state index contributed by atoms with van der Waals surface area (Å²) < 4.78 is 15.8. The second-order valence-electron chi connectivity index (χ2n) is 3.28. The first-order chi connectivity index (χ1) is 8.31. The fourth-order valence-electron chi connectivity index (χ4n) is 1.34. The molecule has 0 radical (unpaired) electrons. The number of hydrogen-bond acceptors (Lipinski definition) is 4. The maximum Gasteiger partial charge on any atom is 0.290 e. The van der Waals surface area contributed by atoms with Crippen molar-refractivity contribution in [2.24, 2.45) is 0 Å². The van der Waals surface area contributed by atoms with Crippen LogP contribution in [0.1, 0.15) is 17.5 Å². The van der Waals surface area contributed by atoms with Crippen molar-refractivity contribution in [2.75, 3.05) is 6.61 Å². The number of hydrogen-bond donors (Lipinski definition) is 0. The van der Waals surface area contributed by atoms with Gasteiger partial charge in [0.05, 0.1) is 6.61 Å². The van der Waals surface area contributed by atoms with Gasteiger partial charge in [-0.2, -0.15) is 0 Å². The number of benzene rings is 1. The van der Waals surface area contributed by atoms with Crippen LogP contribution in [-0.2, 0) is 0 Å². The molecular weight excluding hydrogens is 220 g/mol. The van der Waals surface area contributed by atoms with Gasteiger partial charge in [0, 0.05) is 6.07 Å². The van der Waals surface area contributed by atoms with Gasteiger partial charge in [0.2, 0.25) is 0 Å². The number of ether oxygens (including phenoxy) is 2. The van der Waals surface area contributed by atoms with E-state index >= 15 is 0 Å². The van der Waals surface area contributed by atoms with Crippen molar-refractivity contribution in [1.82, 2.24) is 0 Å². The molecule has 1 heterocycles. The number of furan rings is 1. The number of aldehydes is 1. The zero-order valence-electron chi connectivity index (χ0n) is 9.38. The average molecular weight is 232 g/mol. The Labute approximate surface area is 98.8 Å². The second-order valence-corrected chi connectivity index (χ2v) is 3.28. The third-order valence-corrected chi connectivity index (χ3v) is 2.07. The molecule has 0 aliphatic rings. The molecule has 0 unspecified atom stereocenters. The molecule has 0 bridgehead atoms. The minimum Gasteiger partial charge on any atom is -0.494 e. The SMILES string of the molecule is CCOc1ccc(Oc2ccc(C=O)o2)cc1. The van der Waals surface area contributed by atoms with Crippen LogP contribution in [0.3, 0.4) is 0 Å². The summed E-state index contributed by atoms with van der Waals surface area (Å²) >= 11 is 0. The molecule has 0 saturated carbocycles. The fourth-order valence-corrected chi connectivity index (χ4v) is 1.34. The molecule has 0 N–H and O–H groups in total. The lowest BCUT2D eigenvalue weighted by molar-refractivity contribution is 0.109. The quantitative estimate of drug-likeness (QED) is 0.742. The van der Waals surface area contributed by atoms with Crippen LogP contribution < -0.4 is 9.47 Å². The van der Waals surface area contributed by atoms with Gasteiger partial charge in [-0.1, -0.05) is 0 Å². The third-order valence-electron chi connectivity index (χ3n) is 2.07. The highest BCUT2D eigenvalue weighted by atomic mass is 16.6. The molecule has 4 nitrogen and oxygen atoms in total. The fraction of sp³-hybridized carbons (Fsp3) is 0.154. The van der Waals surface area contributed by atoms with Gasteiger partial charge in [0.25, 0.3) is 5.95 Å². The van der Waals surface area contributed by atoms with Crippen molar-refractivity contribution in [1.29, 1.82) is 0 Å². The summed E-state index contributed by atoms with van der Waals surface area (Å²) in [5.74, 6) is 1.94. The molecule has 2 aromatic rings. The predicted octanol–water partition coefficient (Wildman–Crippen LogP) is 3.28. The normalized spacial score (nSPS) is 9.94. The summed E-state index contributed by atoms with van der Waals surface area (Å²) in [6.45, 7) is 2.55. The van der Waals surface area contributed by atoms with Crippen LogP contribution in [0.25, 0.3) is 0 Å². The Kier molecular flexibility index (Phi) is 3.45. The Balaban J connectivity index is 2.05. The largest absolute Gasteiger partial charge is 0.494 e. The monoisotopic (exact) mass is 232 g/mol. The Morgan fingerprint density at radius 3 is 2.41 bits per heavy atom. The molecule has 0 aliphatic heterocycles. The summed E-state index contributed by atoms with van der Waals surface area (Å²) in [7, 11) is 0. The van der Waals surface area contributed by atoms with Gasteiger partial charge < -0.3 is 13.9 Å². The molecule has 17 heavy (non-hydrogen) atoms. The predicted molar refractivity (Wildman–Crippen MR) is 61.8 cm³/mol. The molecule has 1 aromatic heterocycles. The Morgan fingerprint density at radius 2 is 1.82 bits per heavy atom. The first-order valence-electron chi connectivity index (χ1n) is 5.27. The van der Waals surface area contributed by atoms with Crippen LogP contribution in [-0.4, -0.2) is 12.9 Å². The average Bonchev–Trinajstić information content (AvgIpc) is 2.80. The van der Waals surface area contributed by atoms with E-state index in [1.165, 1.54) is 0 Å². The van der Waals surface area contributed by atoms with E-state index in [0.29, 0.717) is 18.6 Å². The lowest BCUT2D eigenvalue weighted by atomic mass is 10.3. The summed E-state index contributed by atoms with van der Waals surface area (Å²) in [5, 5.41) is 0. The van der Waals surface area contributed by atoms with Crippen LogP contribution >= 0.6 is 0 Å². The lowest BCUT2D eigenvalue weighted by Crippen LogP contribution is -1.90. The van der Waals surface area contributed by atoms with Crippen LogP contribution in [0.4, 0.5) is 0 Å². The smallest absolute Gasteiger partial charge is 0.290 e. The molecule has 2 rings (SSSR count). The number of rotatable bonds is 5. The molecule has 88 valence electrons. The second kappa shape index (κ2) is 5.21. The third kappa shape index (κ3) is 2.87. The molecule has 0 amide bonds. The Bertz CT molecular complexity index is 484. The first kappa shape index (κ1) is 11.3. The van der Waals surface area contributed by atoms with Gasteiger partial charge in [-0.05, 0) is 37.3 Å². The molecule has 4 heteroatoms. The standard InChI is InChI=1S/C13H12O4/c1-2-15-10-3-5-11(6-4-10)16-13-8-7-12(9-14)17-13/h3-9H,2H2,1H3. The van der Waals surface area contributed by atoms with Crippen molar-refractivity contribution < 1.29 is 18.7 Å². The van der Waals surface area contributed by atoms with Gasteiger partial charge >= 0.3 is 0 Å². The Morgan fingerprint density at radius 1 is 1.12 bits per heavy atom. The van der Waals surface area contributed by atoms with Crippen LogP contribution in [0.2, 0.25) is 0 Å². The molecule has 0 aliphatic carbocycles. The van der Waals surface area contributed by atoms with E-state index in [1.807, 2.05) is 19.1 Å². The van der Waals surface area contributed by atoms with Gasteiger partial charge in [0.15, 0.2) is 12.0 Å². The summed E-state index contributed by atoms with van der Waals surface area (Å²) in [4.78, 5) is 10.4. The molecule has 0 saturated heterocycles. The highest BCUT2D eigenvalue weighted by Gasteiger charge is 2.03. The van der Waals surface area contributed by atoms with Crippen molar-refractivity contribution in [3.05, 3.63) is 42.2 Å². The highest BCUT2D eigenvalue weighted by molar-refractivity contribution is 5.70. The van der Waals surface area contributed by atoms with Gasteiger partial charge in [0.1, 0.15) is 11.5 Å². The zero-order valence-corrected chi connectivity index (χ0v) is 9.38. The van der Waals surface area contributed by atoms with Crippen LogP contribution in [0, 0.1) is 0 Å². The number of carbonyl (C=O) groups excluding carboxylic acids is 1. The van der Waals surface area contributed by atoms with Crippen molar-refractivity contribution in [2.45, 2.75) is 6.92 Å². The summed E-state index contributed by atoms with van der Waals surface area (Å²) in [6.07, 6.45) is 0.630. The maximum absolute atomic E-state index is 10.4. The van der Waals surface area contributed by atoms with Crippen molar-refractivity contribution in [3.8, 4) is 17.4 Å². The van der Waals surface area contributed by atoms with Crippen molar-refractivity contribution >= 4 is 6.29 Å². The minimum atomic E-state index is 0.242. The van der Waals surface area contributed by atoms with Gasteiger partial charge in [-0.15, -0.1) is 0 Å². The van der Waals surface area contributed by atoms with E-state index in [0.717, 1.165) is 5.75 Å². The van der Waals surface area contributed by atoms with Crippen LogP contribution in [0.5, 0.6) is 17.4 Å². The zero-order chi connectivity index (χ0) is 12.1. The lowest BCUT2D eigenvalue weighted by Gasteiger charge is -2.04. The van der Waals surface area contributed by atoms with E-state index in [2.05, 4.69) is 0 Å². The molecular formula is C13H12O4. The van der Waals surface area contributed by atoms with E-state index < -0.39 is 0 Å².